The smallest absolute Gasteiger partial charge is 0.191 e. The summed E-state index contributed by atoms with van der Waals surface area (Å²) in [4.78, 5) is 4.27. The number of anilines is 1. The highest BCUT2D eigenvalue weighted by Gasteiger charge is 2.09. The van der Waals surface area contributed by atoms with Crippen molar-refractivity contribution in [2.45, 2.75) is 19.6 Å². The summed E-state index contributed by atoms with van der Waals surface area (Å²) < 4.78 is 16.3. The minimum absolute atomic E-state index is 0. The molecule has 30 heavy (non-hydrogen) atoms. The van der Waals surface area contributed by atoms with Crippen LogP contribution >= 0.6 is 24.0 Å². The van der Waals surface area contributed by atoms with Crippen LogP contribution in [0, 0.1) is 0 Å². The largest absolute Gasteiger partial charge is 0.493 e. The molecule has 0 heterocycles. The zero-order chi connectivity index (χ0) is 20.9. The van der Waals surface area contributed by atoms with Crippen LogP contribution in [0.25, 0.3) is 0 Å². The lowest BCUT2D eigenvalue weighted by atomic mass is 10.2. The second kappa shape index (κ2) is 14.7. The van der Waals surface area contributed by atoms with E-state index in [0.717, 1.165) is 29.7 Å². The van der Waals surface area contributed by atoms with E-state index < -0.39 is 0 Å². The number of nitrogens with zero attached hydrogens (tertiary/aromatic N) is 1. The van der Waals surface area contributed by atoms with Crippen LogP contribution in [0.2, 0.25) is 0 Å². The van der Waals surface area contributed by atoms with Gasteiger partial charge in [0.1, 0.15) is 6.10 Å². The van der Waals surface area contributed by atoms with E-state index in [0.29, 0.717) is 19.7 Å². The number of rotatable bonds is 11. The van der Waals surface area contributed by atoms with E-state index in [9.17, 15) is 0 Å². The van der Waals surface area contributed by atoms with Crippen LogP contribution in [0.3, 0.4) is 0 Å². The maximum Gasteiger partial charge on any atom is 0.191 e. The Morgan fingerprint density at radius 3 is 2.33 bits per heavy atom. The summed E-state index contributed by atoms with van der Waals surface area (Å²) in [6.45, 7) is 4.77. The molecule has 1 atom stereocenters. The van der Waals surface area contributed by atoms with Crippen LogP contribution in [0.1, 0.15) is 12.5 Å². The van der Waals surface area contributed by atoms with E-state index in [-0.39, 0.29) is 30.1 Å². The van der Waals surface area contributed by atoms with E-state index >= 15 is 0 Å². The molecule has 0 amide bonds. The molecule has 0 aromatic heterocycles. The van der Waals surface area contributed by atoms with Gasteiger partial charge in [-0.3, -0.25) is 4.99 Å². The molecule has 8 heteroatoms. The SMILES string of the molecule is CN=C(NCc1ccc(NCCOC)cc1)NCC(C)Oc1ccccc1OC.I. The Labute approximate surface area is 196 Å². The average Bonchev–Trinajstić information content (AvgIpc) is 2.75. The van der Waals surface area contributed by atoms with Gasteiger partial charge in [-0.1, -0.05) is 24.3 Å². The van der Waals surface area contributed by atoms with Crippen molar-refractivity contribution < 1.29 is 14.2 Å². The van der Waals surface area contributed by atoms with Crippen LogP contribution < -0.4 is 25.4 Å². The Bertz CT molecular complexity index is 756. The van der Waals surface area contributed by atoms with E-state index in [4.69, 9.17) is 14.2 Å². The van der Waals surface area contributed by atoms with Crippen molar-refractivity contribution >= 4 is 35.6 Å². The molecule has 0 bridgehead atoms. The van der Waals surface area contributed by atoms with Gasteiger partial charge in [0.2, 0.25) is 0 Å². The monoisotopic (exact) mass is 528 g/mol. The van der Waals surface area contributed by atoms with Crippen LogP contribution in [0.5, 0.6) is 11.5 Å². The van der Waals surface area contributed by atoms with Gasteiger partial charge in [-0.15, -0.1) is 24.0 Å². The normalized spacial score (nSPS) is 11.8. The van der Waals surface area contributed by atoms with Gasteiger partial charge in [-0.05, 0) is 36.8 Å². The van der Waals surface area contributed by atoms with Gasteiger partial charge < -0.3 is 30.2 Å². The quantitative estimate of drug-likeness (QED) is 0.180. The summed E-state index contributed by atoms with van der Waals surface area (Å²) in [6.07, 6.45) is -0.0534. The summed E-state index contributed by atoms with van der Waals surface area (Å²) >= 11 is 0. The molecule has 2 aromatic rings. The fraction of sp³-hybridized carbons (Fsp3) is 0.409. The summed E-state index contributed by atoms with van der Waals surface area (Å²) in [5.41, 5.74) is 2.25. The first-order chi connectivity index (χ1) is 14.2. The Morgan fingerprint density at radius 2 is 1.70 bits per heavy atom. The fourth-order valence-corrected chi connectivity index (χ4v) is 2.66. The van der Waals surface area contributed by atoms with Crippen LogP contribution in [-0.4, -0.2) is 53.0 Å². The molecule has 0 spiro atoms. The summed E-state index contributed by atoms with van der Waals surface area (Å²) in [7, 11) is 5.09. The Hall–Kier alpha value is -2.20. The number of ether oxygens (including phenoxy) is 3. The lowest BCUT2D eigenvalue weighted by Gasteiger charge is -2.19. The van der Waals surface area contributed by atoms with Crippen molar-refractivity contribution in [3.8, 4) is 11.5 Å². The Morgan fingerprint density at radius 1 is 1.00 bits per heavy atom. The highest BCUT2D eigenvalue weighted by atomic mass is 127. The molecular weight excluding hydrogens is 495 g/mol. The molecule has 0 aliphatic carbocycles. The molecular formula is C22H33IN4O3. The molecule has 2 aromatic carbocycles. The van der Waals surface area contributed by atoms with Crippen LogP contribution in [0.15, 0.2) is 53.5 Å². The number of hydrogen-bond acceptors (Lipinski definition) is 5. The molecule has 3 N–H and O–H groups in total. The molecule has 0 saturated carbocycles. The van der Waals surface area contributed by atoms with Gasteiger partial charge in [0.25, 0.3) is 0 Å². The van der Waals surface area contributed by atoms with E-state index in [2.05, 4.69) is 45.2 Å². The van der Waals surface area contributed by atoms with Crippen LogP contribution in [0.4, 0.5) is 5.69 Å². The van der Waals surface area contributed by atoms with Gasteiger partial charge >= 0.3 is 0 Å². The van der Waals surface area contributed by atoms with Gasteiger partial charge in [0.05, 0.1) is 20.3 Å². The molecule has 2 rings (SSSR count). The summed E-state index contributed by atoms with van der Waals surface area (Å²) in [5, 5.41) is 9.91. The minimum Gasteiger partial charge on any atom is -0.493 e. The first-order valence-electron chi connectivity index (χ1n) is 9.72. The standard InChI is InChI=1S/C22H32N4O3.HI/c1-17(29-21-8-6-5-7-20(21)28-4)15-25-22(23-2)26-16-18-9-11-19(12-10-18)24-13-14-27-3;/h5-12,17,24H,13-16H2,1-4H3,(H2,23,25,26);1H. The molecule has 0 aliphatic rings. The van der Waals surface area contributed by atoms with Gasteiger partial charge in [0.15, 0.2) is 17.5 Å². The van der Waals surface area contributed by atoms with Crippen molar-refractivity contribution in [3.63, 3.8) is 0 Å². The van der Waals surface area contributed by atoms with Gasteiger partial charge in [0, 0.05) is 32.9 Å². The third kappa shape index (κ3) is 9.08. The number of halogens is 1. The van der Waals surface area contributed by atoms with E-state index in [1.807, 2.05) is 31.2 Å². The number of guanidine groups is 1. The zero-order valence-corrected chi connectivity index (χ0v) is 20.4. The van der Waals surface area contributed by atoms with Crippen LogP contribution in [-0.2, 0) is 11.3 Å². The third-order valence-corrected chi connectivity index (χ3v) is 4.23. The molecule has 7 nitrogen and oxygen atoms in total. The number of aliphatic imine (C=N–C) groups is 1. The first-order valence-corrected chi connectivity index (χ1v) is 9.72. The maximum absolute atomic E-state index is 5.96. The lowest BCUT2D eigenvalue weighted by Crippen LogP contribution is -2.41. The zero-order valence-electron chi connectivity index (χ0n) is 18.1. The second-order valence-electron chi connectivity index (χ2n) is 6.50. The number of hydrogen-bond donors (Lipinski definition) is 3. The molecule has 0 saturated heterocycles. The number of methoxy groups -OCH3 is 2. The Balaban J connectivity index is 0.00000450. The number of para-hydroxylation sites is 2. The third-order valence-electron chi connectivity index (χ3n) is 4.23. The van der Waals surface area contributed by atoms with Crippen molar-refractivity contribution in [1.29, 1.82) is 0 Å². The van der Waals surface area contributed by atoms with Crippen molar-refractivity contribution in [1.82, 2.24) is 10.6 Å². The van der Waals surface area contributed by atoms with E-state index in [1.54, 1.807) is 21.3 Å². The first kappa shape index (κ1) is 25.8. The Kier molecular flexibility index (Phi) is 12.7. The van der Waals surface area contributed by atoms with Crippen molar-refractivity contribution in [2.24, 2.45) is 4.99 Å². The maximum atomic E-state index is 5.96. The highest BCUT2D eigenvalue weighted by Crippen LogP contribution is 2.26. The highest BCUT2D eigenvalue weighted by molar-refractivity contribution is 14.0. The predicted octanol–water partition coefficient (Wildman–Crippen LogP) is 3.50. The summed E-state index contributed by atoms with van der Waals surface area (Å²) in [6, 6.07) is 15.9. The lowest BCUT2D eigenvalue weighted by molar-refractivity contribution is 0.211. The molecule has 0 fully saturated rings. The van der Waals surface area contributed by atoms with Crippen molar-refractivity contribution in [3.05, 3.63) is 54.1 Å². The van der Waals surface area contributed by atoms with Gasteiger partial charge in [-0.2, -0.15) is 0 Å². The number of nitrogens with one attached hydrogen (secondary N) is 3. The number of benzene rings is 2. The molecule has 166 valence electrons. The molecule has 0 radical (unpaired) electrons. The van der Waals surface area contributed by atoms with Crippen molar-refractivity contribution in [2.75, 3.05) is 46.3 Å². The topological polar surface area (TPSA) is 76.1 Å². The second-order valence-corrected chi connectivity index (χ2v) is 6.50. The van der Waals surface area contributed by atoms with Gasteiger partial charge in [-0.25, -0.2) is 0 Å². The molecule has 1 unspecified atom stereocenters. The fourth-order valence-electron chi connectivity index (χ4n) is 2.66. The minimum atomic E-state index is -0.0534. The predicted molar refractivity (Wildman–Crippen MR) is 134 cm³/mol. The van der Waals surface area contributed by atoms with E-state index in [1.165, 1.54) is 5.56 Å². The summed E-state index contributed by atoms with van der Waals surface area (Å²) in [5.74, 6) is 2.18. The molecule has 0 aliphatic heterocycles. The average molecular weight is 528 g/mol.